The molecule has 0 bridgehead atoms. The lowest BCUT2D eigenvalue weighted by Crippen LogP contribution is -2.46. The molecule has 0 radical (unpaired) electrons. The minimum absolute atomic E-state index is 0.245. The monoisotopic (exact) mass is 331 g/mol. The Labute approximate surface area is 132 Å². The van der Waals surface area contributed by atoms with Crippen LogP contribution in [0.1, 0.15) is 36.2 Å². The van der Waals surface area contributed by atoms with Gasteiger partial charge >= 0.3 is 12.0 Å². The van der Waals surface area contributed by atoms with Crippen LogP contribution in [0, 0.1) is 0 Å². The zero-order chi connectivity index (χ0) is 15.8. The van der Waals surface area contributed by atoms with E-state index >= 15 is 0 Å². The van der Waals surface area contributed by atoms with Gasteiger partial charge in [-0.25, -0.2) is 14.6 Å². The first kappa shape index (κ1) is 17.8. The Kier molecular flexibility index (Phi) is 7.52. The third kappa shape index (κ3) is 5.92. The molecule has 0 fully saturated rings. The van der Waals surface area contributed by atoms with Crippen molar-refractivity contribution in [1.29, 1.82) is 0 Å². The number of aliphatic carboxylic acids is 1. The standard InChI is InChI=1S/C13H21N3O3S2/c1-4-9-7-14-11(21-9)8(2)15-13(19)16-10(12(17)18)5-6-20-3/h7-8,10H,4-6H2,1-3H3,(H,17,18)(H2,15,16,19)/t8?,10-/m0/s1. The molecule has 0 aliphatic heterocycles. The summed E-state index contributed by atoms with van der Waals surface area (Å²) in [4.78, 5) is 28.4. The molecule has 1 heterocycles. The molecular formula is C13H21N3O3S2. The lowest BCUT2D eigenvalue weighted by Gasteiger charge is -2.17. The maximum Gasteiger partial charge on any atom is 0.326 e. The van der Waals surface area contributed by atoms with Crippen molar-refractivity contribution in [3.63, 3.8) is 0 Å². The van der Waals surface area contributed by atoms with Gasteiger partial charge in [-0.15, -0.1) is 11.3 Å². The molecule has 1 aromatic heterocycles. The topological polar surface area (TPSA) is 91.3 Å². The largest absolute Gasteiger partial charge is 0.480 e. The lowest BCUT2D eigenvalue weighted by atomic mass is 10.2. The van der Waals surface area contributed by atoms with Gasteiger partial charge in [0.15, 0.2) is 0 Å². The smallest absolute Gasteiger partial charge is 0.326 e. The normalized spacial score (nSPS) is 13.5. The minimum Gasteiger partial charge on any atom is -0.480 e. The summed E-state index contributed by atoms with van der Waals surface area (Å²) in [6, 6.07) is -1.60. The molecule has 0 aliphatic carbocycles. The first-order chi connectivity index (χ1) is 9.97. The van der Waals surface area contributed by atoms with Crippen molar-refractivity contribution in [1.82, 2.24) is 15.6 Å². The highest BCUT2D eigenvalue weighted by atomic mass is 32.2. The number of aryl methyl sites for hydroxylation is 1. The summed E-state index contributed by atoms with van der Waals surface area (Å²) in [6.07, 6.45) is 5.01. The Morgan fingerprint density at radius 3 is 2.71 bits per heavy atom. The van der Waals surface area contributed by atoms with Gasteiger partial charge < -0.3 is 15.7 Å². The Morgan fingerprint density at radius 2 is 2.19 bits per heavy atom. The van der Waals surface area contributed by atoms with E-state index in [1.54, 1.807) is 29.3 Å². The molecule has 0 aliphatic rings. The van der Waals surface area contributed by atoms with Crippen molar-refractivity contribution < 1.29 is 14.7 Å². The highest BCUT2D eigenvalue weighted by molar-refractivity contribution is 7.98. The quantitative estimate of drug-likeness (QED) is 0.680. The van der Waals surface area contributed by atoms with Gasteiger partial charge in [0.2, 0.25) is 0 Å². The molecule has 2 amide bonds. The van der Waals surface area contributed by atoms with Crippen molar-refractivity contribution in [2.45, 2.75) is 38.8 Å². The van der Waals surface area contributed by atoms with Gasteiger partial charge in [-0.2, -0.15) is 11.8 Å². The number of nitrogens with zero attached hydrogens (tertiary/aromatic N) is 1. The number of urea groups is 1. The molecule has 0 saturated heterocycles. The summed E-state index contributed by atoms with van der Waals surface area (Å²) in [5, 5.41) is 15.1. The predicted molar refractivity (Wildman–Crippen MR) is 86.0 cm³/mol. The van der Waals surface area contributed by atoms with Crippen molar-refractivity contribution in [3.05, 3.63) is 16.1 Å². The minimum atomic E-state index is -1.02. The second kappa shape index (κ2) is 8.89. The summed E-state index contributed by atoms with van der Waals surface area (Å²) in [7, 11) is 0. The van der Waals surface area contributed by atoms with E-state index in [1.165, 1.54) is 0 Å². The molecule has 6 nitrogen and oxygen atoms in total. The molecule has 0 aromatic carbocycles. The summed E-state index contributed by atoms with van der Waals surface area (Å²) in [5.74, 6) is -0.339. The van der Waals surface area contributed by atoms with Crippen LogP contribution in [0.4, 0.5) is 4.79 Å². The summed E-state index contributed by atoms with van der Waals surface area (Å²) >= 11 is 3.10. The molecule has 21 heavy (non-hydrogen) atoms. The Bertz CT molecular complexity index is 479. The number of rotatable bonds is 8. The van der Waals surface area contributed by atoms with Crippen LogP contribution in [-0.2, 0) is 11.2 Å². The van der Waals surface area contributed by atoms with E-state index in [0.717, 1.165) is 16.3 Å². The number of amides is 2. The molecule has 1 rings (SSSR count). The zero-order valence-corrected chi connectivity index (χ0v) is 14.0. The number of hydrogen-bond acceptors (Lipinski definition) is 5. The summed E-state index contributed by atoms with van der Waals surface area (Å²) < 4.78 is 0. The Morgan fingerprint density at radius 1 is 1.48 bits per heavy atom. The van der Waals surface area contributed by atoms with Gasteiger partial charge in [-0.05, 0) is 31.8 Å². The summed E-state index contributed by atoms with van der Waals surface area (Å²) in [6.45, 7) is 3.88. The van der Waals surface area contributed by atoms with Crippen molar-refractivity contribution in [3.8, 4) is 0 Å². The van der Waals surface area contributed by atoms with Gasteiger partial charge in [-0.1, -0.05) is 6.92 Å². The van der Waals surface area contributed by atoms with Gasteiger partial charge in [0.25, 0.3) is 0 Å². The average molecular weight is 331 g/mol. The van der Waals surface area contributed by atoms with E-state index in [-0.39, 0.29) is 6.04 Å². The SMILES string of the molecule is CCc1cnc(C(C)NC(=O)N[C@@H](CCSC)C(=O)O)s1. The highest BCUT2D eigenvalue weighted by Crippen LogP contribution is 2.20. The van der Waals surface area contributed by atoms with Crippen LogP contribution in [0.15, 0.2) is 6.20 Å². The van der Waals surface area contributed by atoms with Crippen LogP contribution < -0.4 is 10.6 Å². The number of carbonyl (C=O) groups is 2. The summed E-state index contributed by atoms with van der Waals surface area (Å²) in [5.41, 5.74) is 0. The number of carbonyl (C=O) groups excluding carboxylic acids is 1. The number of thiazole rings is 1. The fourth-order valence-corrected chi connectivity index (χ4v) is 2.97. The molecule has 1 unspecified atom stereocenters. The zero-order valence-electron chi connectivity index (χ0n) is 12.4. The van der Waals surface area contributed by atoms with Gasteiger partial charge in [-0.3, -0.25) is 0 Å². The van der Waals surface area contributed by atoms with Crippen LogP contribution >= 0.6 is 23.1 Å². The molecule has 0 spiro atoms. The van der Waals surface area contributed by atoms with E-state index in [0.29, 0.717) is 12.2 Å². The molecule has 0 saturated carbocycles. The van der Waals surface area contributed by atoms with E-state index in [2.05, 4.69) is 15.6 Å². The highest BCUT2D eigenvalue weighted by Gasteiger charge is 2.21. The van der Waals surface area contributed by atoms with E-state index < -0.39 is 18.0 Å². The number of thioether (sulfide) groups is 1. The maximum absolute atomic E-state index is 11.9. The Balaban J connectivity index is 2.52. The molecular weight excluding hydrogens is 310 g/mol. The van der Waals surface area contributed by atoms with Crippen LogP contribution in [0.3, 0.4) is 0 Å². The number of nitrogens with one attached hydrogen (secondary N) is 2. The fourth-order valence-electron chi connectivity index (χ4n) is 1.64. The average Bonchev–Trinajstić information content (AvgIpc) is 2.92. The lowest BCUT2D eigenvalue weighted by molar-refractivity contribution is -0.139. The van der Waals surface area contributed by atoms with Gasteiger partial charge in [0.1, 0.15) is 11.0 Å². The number of carboxylic acids is 1. The number of aromatic nitrogens is 1. The second-order valence-corrected chi connectivity index (χ2v) is 6.66. The molecule has 8 heteroatoms. The number of carboxylic acid groups (broad SMARTS) is 1. The van der Waals surface area contributed by atoms with Crippen LogP contribution in [-0.4, -0.2) is 40.1 Å². The van der Waals surface area contributed by atoms with Crippen LogP contribution in [0.25, 0.3) is 0 Å². The van der Waals surface area contributed by atoms with E-state index in [1.807, 2.05) is 20.1 Å². The molecule has 3 N–H and O–H groups in total. The van der Waals surface area contributed by atoms with Crippen LogP contribution in [0.5, 0.6) is 0 Å². The molecule has 1 aromatic rings. The Hall–Kier alpha value is -1.28. The second-order valence-electron chi connectivity index (χ2n) is 4.53. The van der Waals surface area contributed by atoms with Crippen molar-refractivity contribution >= 4 is 35.1 Å². The molecule has 2 atom stereocenters. The van der Waals surface area contributed by atoms with Crippen LogP contribution in [0.2, 0.25) is 0 Å². The van der Waals surface area contributed by atoms with E-state index in [9.17, 15) is 9.59 Å². The van der Waals surface area contributed by atoms with Gasteiger partial charge in [0, 0.05) is 11.1 Å². The first-order valence-electron chi connectivity index (χ1n) is 6.71. The predicted octanol–water partition coefficient (Wildman–Crippen LogP) is 2.27. The number of hydrogen-bond donors (Lipinski definition) is 3. The third-order valence-electron chi connectivity index (χ3n) is 2.85. The van der Waals surface area contributed by atoms with Gasteiger partial charge in [0.05, 0.1) is 6.04 Å². The fraction of sp³-hybridized carbons (Fsp3) is 0.615. The van der Waals surface area contributed by atoms with Crippen molar-refractivity contribution in [2.24, 2.45) is 0 Å². The first-order valence-corrected chi connectivity index (χ1v) is 8.92. The van der Waals surface area contributed by atoms with E-state index in [4.69, 9.17) is 5.11 Å². The maximum atomic E-state index is 11.9. The molecule has 118 valence electrons. The van der Waals surface area contributed by atoms with Crippen molar-refractivity contribution in [2.75, 3.05) is 12.0 Å². The third-order valence-corrected chi connectivity index (χ3v) is 4.82.